The van der Waals surface area contributed by atoms with E-state index in [4.69, 9.17) is 0 Å². The second kappa shape index (κ2) is 9.66. The van der Waals surface area contributed by atoms with Crippen LogP contribution in [0.1, 0.15) is 37.0 Å². The van der Waals surface area contributed by atoms with Crippen LogP contribution < -0.4 is 4.90 Å². The first-order valence-corrected chi connectivity index (χ1v) is 12.9. The number of aromatic hydroxyl groups is 1. The number of piperazine rings is 1. The van der Waals surface area contributed by atoms with Crippen LogP contribution in [0.5, 0.6) is 5.75 Å². The zero-order valence-electron chi connectivity index (χ0n) is 19.5. The molecule has 0 aliphatic carbocycles. The summed E-state index contributed by atoms with van der Waals surface area (Å²) < 4.78 is 0. The molecule has 5 rings (SSSR count). The average molecular weight is 457 g/mol. The van der Waals surface area contributed by atoms with Gasteiger partial charge in [-0.05, 0) is 78.4 Å². The molecule has 0 radical (unpaired) electrons. The molecular formula is C29H32N2OS. The average Bonchev–Trinajstić information content (AvgIpc) is 3.04. The fourth-order valence-electron chi connectivity index (χ4n) is 4.98. The van der Waals surface area contributed by atoms with Crippen LogP contribution in [-0.4, -0.2) is 48.0 Å². The highest BCUT2D eigenvalue weighted by molar-refractivity contribution is 7.99. The highest BCUT2D eigenvalue weighted by Crippen LogP contribution is 2.44. The van der Waals surface area contributed by atoms with E-state index in [0.717, 1.165) is 43.2 Å². The lowest BCUT2D eigenvalue weighted by atomic mass is 9.88. The van der Waals surface area contributed by atoms with Gasteiger partial charge >= 0.3 is 0 Å². The summed E-state index contributed by atoms with van der Waals surface area (Å²) in [5.41, 5.74) is 7.71. The molecule has 3 nitrogen and oxygen atoms in total. The van der Waals surface area contributed by atoms with E-state index >= 15 is 0 Å². The van der Waals surface area contributed by atoms with Crippen molar-refractivity contribution in [3.8, 4) is 5.75 Å². The van der Waals surface area contributed by atoms with Crippen LogP contribution in [0.4, 0.5) is 5.69 Å². The number of rotatable bonds is 4. The summed E-state index contributed by atoms with van der Waals surface area (Å²) >= 11 is 1.83. The van der Waals surface area contributed by atoms with Crippen molar-refractivity contribution in [2.45, 2.75) is 31.2 Å². The van der Waals surface area contributed by atoms with Crippen molar-refractivity contribution in [3.63, 3.8) is 0 Å². The molecule has 0 amide bonds. The SMILES string of the molecule is CC(C)N1CCN(c2ccc(C3=C(c4ccccc4)CCSc4cc(O)ccc43)cc2)CC1. The molecule has 1 N–H and O–H groups in total. The predicted octanol–water partition coefficient (Wildman–Crippen LogP) is 6.38. The van der Waals surface area contributed by atoms with Crippen LogP contribution in [0.25, 0.3) is 11.1 Å². The van der Waals surface area contributed by atoms with Gasteiger partial charge in [0.05, 0.1) is 0 Å². The Morgan fingerprint density at radius 2 is 1.55 bits per heavy atom. The van der Waals surface area contributed by atoms with Gasteiger partial charge in [0.1, 0.15) is 5.75 Å². The fraction of sp³-hybridized carbons (Fsp3) is 0.310. The van der Waals surface area contributed by atoms with Crippen LogP contribution in [0.3, 0.4) is 0 Å². The minimum absolute atomic E-state index is 0.333. The minimum Gasteiger partial charge on any atom is -0.508 e. The summed E-state index contributed by atoms with van der Waals surface area (Å²) in [6.45, 7) is 8.96. The topological polar surface area (TPSA) is 26.7 Å². The highest BCUT2D eigenvalue weighted by atomic mass is 32.2. The van der Waals surface area contributed by atoms with Crippen molar-refractivity contribution >= 4 is 28.6 Å². The molecule has 0 bridgehead atoms. The van der Waals surface area contributed by atoms with E-state index in [-0.39, 0.29) is 0 Å². The molecule has 0 spiro atoms. The molecule has 1 saturated heterocycles. The number of fused-ring (bicyclic) bond motifs is 1. The van der Waals surface area contributed by atoms with Gasteiger partial charge in [-0.2, -0.15) is 0 Å². The molecular weight excluding hydrogens is 424 g/mol. The molecule has 0 atom stereocenters. The lowest BCUT2D eigenvalue weighted by molar-refractivity contribution is 0.209. The van der Waals surface area contributed by atoms with Crippen LogP contribution in [-0.2, 0) is 0 Å². The van der Waals surface area contributed by atoms with E-state index in [0.29, 0.717) is 11.8 Å². The van der Waals surface area contributed by atoms with Crippen molar-refractivity contribution < 1.29 is 5.11 Å². The fourth-order valence-corrected chi connectivity index (χ4v) is 6.04. The van der Waals surface area contributed by atoms with E-state index in [9.17, 15) is 5.11 Å². The second-order valence-corrected chi connectivity index (χ2v) is 10.3. The first-order valence-electron chi connectivity index (χ1n) is 11.9. The minimum atomic E-state index is 0.333. The highest BCUT2D eigenvalue weighted by Gasteiger charge is 2.22. The second-order valence-electron chi connectivity index (χ2n) is 9.16. The van der Waals surface area contributed by atoms with E-state index in [2.05, 4.69) is 84.3 Å². The van der Waals surface area contributed by atoms with Gasteiger partial charge in [-0.15, -0.1) is 11.8 Å². The molecule has 33 heavy (non-hydrogen) atoms. The quantitative estimate of drug-likeness (QED) is 0.493. The molecule has 0 aromatic heterocycles. The van der Waals surface area contributed by atoms with Gasteiger partial charge in [0.15, 0.2) is 0 Å². The van der Waals surface area contributed by atoms with Gasteiger partial charge in [0, 0.05) is 48.6 Å². The Labute approximate surface area is 201 Å². The maximum absolute atomic E-state index is 10.1. The van der Waals surface area contributed by atoms with Gasteiger partial charge in [-0.1, -0.05) is 42.5 Å². The van der Waals surface area contributed by atoms with Crippen LogP contribution >= 0.6 is 11.8 Å². The molecule has 170 valence electrons. The van der Waals surface area contributed by atoms with E-state index in [1.54, 1.807) is 0 Å². The van der Waals surface area contributed by atoms with Crippen molar-refractivity contribution in [1.82, 2.24) is 4.90 Å². The van der Waals surface area contributed by atoms with E-state index in [1.807, 2.05) is 23.9 Å². The molecule has 2 aliphatic heterocycles. The van der Waals surface area contributed by atoms with Gasteiger partial charge in [0.2, 0.25) is 0 Å². The van der Waals surface area contributed by atoms with Crippen molar-refractivity contribution in [3.05, 3.63) is 89.5 Å². The first kappa shape index (κ1) is 22.1. The number of phenols is 1. The number of nitrogens with zero attached hydrogens (tertiary/aromatic N) is 2. The number of benzene rings is 3. The maximum atomic E-state index is 10.1. The molecule has 1 fully saturated rings. The summed E-state index contributed by atoms with van der Waals surface area (Å²) in [7, 11) is 0. The van der Waals surface area contributed by atoms with Crippen LogP contribution in [0.15, 0.2) is 77.7 Å². The largest absolute Gasteiger partial charge is 0.508 e. The Kier molecular flexibility index (Phi) is 6.48. The summed E-state index contributed by atoms with van der Waals surface area (Å²) in [6.07, 6.45) is 0.998. The number of allylic oxidation sites excluding steroid dienone is 1. The lowest BCUT2D eigenvalue weighted by Gasteiger charge is -2.38. The molecule has 2 heterocycles. The van der Waals surface area contributed by atoms with Gasteiger partial charge < -0.3 is 10.0 Å². The Bertz CT molecular complexity index is 1130. The van der Waals surface area contributed by atoms with Gasteiger partial charge in [0.25, 0.3) is 0 Å². The Morgan fingerprint density at radius 1 is 0.818 bits per heavy atom. The monoisotopic (exact) mass is 456 g/mol. The number of phenolic OH excluding ortho intramolecular Hbond substituents is 1. The molecule has 0 unspecified atom stereocenters. The maximum Gasteiger partial charge on any atom is 0.116 e. The van der Waals surface area contributed by atoms with Gasteiger partial charge in [-0.25, -0.2) is 0 Å². The third-order valence-corrected chi connectivity index (χ3v) is 7.89. The van der Waals surface area contributed by atoms with Crippen molar-refractivity contribution in [2.75, 3.05) is 36.8 Å². The molecule has 4 heteroatoms. The Morgan fingerprint density at radius 3 is 2.24 bits per heavy atom. The lowest BCUT2D eigenvalue weighted by Crippen LogP contribution is -2.48. The number of anilines is 1. The zero-order valence-corrected chi connectivity index (χ0v) is 20.3. The van der Waals surface area contributed by atoms with E-state index < -0.39 is 0 Å². The molecule has 2 aliphatic rings. The summed E-state index contributed by atoms with van der Waals surface area (Å²) in [5, 5.41) is 10.1. The summed E-state index contributed by atoms with van der Waals surface area (Å²) in [6, 6.07) is 26.3. The summed E-state index contributed by atoms with van der Waals surface area (Å²) in [4.78, 5) is 6.21. The van der Waals surface area contributed by atoms with Crippen LogP contribution in [0, 0.1) is 0 Å². The number of hydrogen-bond acceptors (Lipinski definition) is 4. The van der Waals surface area contributed by atoms with Crippen molar-refractivity contribution in [1.29, 1.82) is 0 Å². The van der Waals surface area contributed by atoms with Crippen LogP contribution in [0.2, 0.25) is 0 Å². The normalized spacial score (nSPS) is 17.2. The van der Waals surface area contributed by atoms with Gasteiger partial charge in [-0.3, -0.25) is 4.90 Å². The molecule has 3 aromatic carbocycles. The first-order chi connectivity index (χ1) is 16.1. The smallest absolute Gasteiger partial charge is 0.116 e. The Balaban J connectivity index is 1.53. The Hall–Kier alpha value is -2.69. The molecule has 0 saturated carbocycles. The molecule has 3 aromatic rings. The summed E-state index contributed by atoms with van der Waals surface area (Å²) in [5.74, 6) is 1.34. The number of hydrogen-bond donors (Lipinski definition) is 1. The predicted molar refractivity (Wildman–Crippen MR) is 141 cm³/mol. The standard InChI is InChI=1S/C29H32N2OS/c1-21(2)30-15-17-31(18-16-30)24-10-8-23(9-11-24)29-26(22-6-4-3-5-7-22)14-19-33-28-20-25(32)12-13-27(28)29/h3-13,20-21,32H,14-19H2,1-2H3. The number of thioether (sulfide) groups is 1. The third-order valence-electron chi connectivity index (χ3n) is 6.83. The third kappa shape index (κ3) is 4.68. The van der Waals surface area contributed by atoms with Crippen molar-refractivity contribution in [2.24, 2.45) is 0 Å². The zero-order chi connectivity index (χ0) is 22.8. The van der Waals surface area contributed by atoms with E-state index in [1.165, 1.54) is 33.5 Å².